The van der Waals surface area contributed by atoms with Crippen molar-refractivity contribution in [3.63, 3.8) is 0 Å². The number of rotatable bonds is 2. The van der Waals surface area contributed by atoms with Crippen LogP contribution in [-0.2, 0) is 9.53 Å². The molecule has 0 bridgehead atoms. The molecule has 4 nitrogen and oxygen atoms in total. The van der Waals surface area contributed by atoms with Gasteiger partial charge in [-0.25, -0.2) is 9.18 Å². The third-order valence-corrected chi connectivity index (χ3v) is 4.88. The lowest BCUT2D eigenvalue weighted by molar-refractivity contribution is -0.218. The van der Waals surface area contributed by atoms with E-state index >= 15 is 0 Å². The van der Waals surface area contributed by atoms with Crippen molar-refractivity contribution < 1.29 is 27.1 Å². The molecule has 1 N–H and O–H groups in total. The van der Waals surface area contributed by atoms with Gasteiger partial charge in [0.05, 0.1) is 10.7 Å². The second kappa shape index (κ2) is 6.07. The van der Waals surface area contributed by atoms with Crippen molar-refractivity contribution in [2.75, 3.05) is 24.5 Å². The van der Waals surface area contributed by atoms with Crippen molar-refractivity contribution in [3.8, 4) is 0 Å². The standard InChI is InChI=1S/C15H15ClF4N2O2/c16-10-2-1-9(17)7-11(10)22-8-14(3-5-21-6-4-14)12(22)24-13(23)15(18,19)20/h1-2,7,12,21H,3-6,8H2. The zero-order valence-corrected chi connectivity index (χ0v) is 13.3. The summed E-state index contributed by atoms with van der Waals surface area (Å²) in [6, 6.07) is 3.61. The molecule has 0 saturated carbocycles. The molecule has 1 aromatic carbocycles. The topological polar surface area (TPSA) is 41.6 Å². The number of hydrogen-bond donors (Lipinski definition) is 1. The molecule has 0 radical (unpaired) electrons. The van der Waals surface area contributed by atoms with E-state index in [9.17, 15) is 22.4 Å². The molecule has 1 unspecified atom stereocenters. The van der Waals surface area contributed by atoms with Gasteiger partial charge in [-0.2, -0.15) is 13.2 Å². The number of carbonyl (C=O) groups excluding carboxylic acids is 1. The fraction of sp³-hybridized carbons (Fsp3) is 0.533. The minimum absolute atomic E-state index is 0.188. The molecule has 1 aromatic rings. The Hall–Kier alpha value is -1.54. The van der Waals surface area contributed by atoms with Gasteiger partial charge in [-0.05, 0) is 44.1 Å². The van der Waals surface area contributed by atoms with Gasteiger partial charge >= 0.3 is 12.1 Å². The van der Waals surface area contributed by atoms with E-state index in [0.717, 1.165) is 12.1 Å². The Bertz CT molecular complexity index is 647. The van der Waals surface area contributed by atoms with Gasteiger partial charge in [0, 0.05) is 12.0 Å². The molecule has 2 aliphatic rings. The highest BCUT2D eigenvalue weighted by molar-refractivity contribution is 6.33. The summed E-state index contributed by atoms with van der Waals surface area (Å²) in [5.41, 5.74) is -0.359. The first kappa shape index (κ1) is 17.3. The van der Waals surface area contributed by atoms with Crippen LogP contribution in [0.1, 0.15) is 12.8 Å². The Morgan fingerprint density at radius 2 is 2.00 bits per heavy atom. The molecule has 0 aliphatic carbocycles. The molecule has 24 heavy (non-hydrogen) atoms. The number of alkyl halides is 3. The van der Waals surface area contributed by atoms with Gasteiger partial charge in [-0.15, -0.1) is 0 Å². The van der Waals surface area contributed by atoms with Gasteiger partial charge in [0.25, 0.3) is 0 Å². The summed E-state index contributed by atoms with van der Waals surface area (Å²) in [6.45, 7) is 1.59. The Balaban J connectivity index is 1.89. The van der Waals surface area contributed by atoms with Gasteiger partial charge in [0.1, 0.15) is 5.82 Å². The van der Waals surface area contributed by atoms with E-state index in [2.05, 4.69) is 5.32 Å². The lowest BCUT2D eigenvalue weighted by atomic mass is 9.70. The van der Waals surface area contributed by atoms with Crippen LogP contribution in [0.3, 0.4) is 0 Å². The molecule has 132 valence electrons. The molecular weight excluding hydrogens is 352 g/mol. The number of piperidine rings is 1. The van der Waals surface area contributed by atoms with Crippen LogP contribution < -0.4 is 10.2 Å². The zero-order valence-electron chi connectivity index (χ0n) is 12.5. The summed E-state index contributed by atoms with van der Waals surface area (Å²) in [5, 5.41) is 3.31. The van der Waals surface area contributed by atoms with Gasteiger partial charge in [-0.1, -0.05) is 11.6 Å². The van der Waals surface area contributed by atoms with Crippen LogP contribution in [0.5, 0.6) is 0 Å². The fourth-order valence-corrected chi connectivity index (χ4v) is 3.55. The highest BCUT2D eigenvalue weighted by Crippen LogP contribution is 2.49. The lowest BCUT2D eigenvalue weighted by Crippen LogP contribution is -2.69. The number of halogens is 5. The first-order valence-corrected chi connectivity index (χ1v) is 7.81. The normalized spacial score (nSPS) is 23.0. The quantitative estimate of drug-likeness (QED) is 0.645. The molecule has 2 heterocycles. The number of nitrogens with one attached hydrogen (secondary N) is 1. The van der Waals surface area contributed by atoms with Crippen LogP contribution in [-0.4, -0.2) is 38.0 Å². The van der Waals surface area contributed by atoms with E-state index in [1.807, 2.05) is 0 Å². The van der Waals surface area contributed by atoms with E-state index in [1.165, 1.54) is 11.0 Å². The SMILES string of the molecule is O=C(OC1N(c2cc(F)ccc2Cl)CC12CCNCC2)C(F)(F)F. The predicted molar refractivity (Wildman–Crippen MR) is 79.2 cm³/mol. The summed E-state index contributed by atoms with van der Waals surface area (Å²) < 4.78 is 56.1. The predicted octanol–water partition coefficient (Wildman–Crippen LogP) is 3.10. The minimum Gasteiger partial charge on any atom is -0.434 e. The van der Waals surface area contributed by atoms with Crippen LogP contribution in [0.15, 0.2) is 18.2 Å². The molecule has 9 heteroatoms. The Labute approximate surface area is 140 Å². The molecule has 3 rings (SSSR count). The van der Waals surface area contributed by atoms with E-state index in [-0.39, 0.29) is 10.7 Å². The fourth-order valence-electron chi connectivity index (χ4n) is 3.32. The van der Waals surface area contributed by atoms with Crippen LogP contribution in [0.4, 0.5) is 23.2 Å². The number of hydrogen-bond acceptors (Lipinski definition) is 4. The second-order valence-corrected chi connectivity index (χ2v) is 6.50. The van der Waals surface area contributed by atoms with Gasteiger partial charge in [-0.3, -0.25) is 0 Å². The number of ether oxygens (including phenoxy) is 1. The summed E-state index contributed by atoms with van der Waals surface area (Å²) in [6.07, 6.45) is -5.08. The van der Waals surface area contributed by atoms with E-state index in [0.29, 0.717) is 32.5 Å². The Kier molecular flexibility index (Phi) is 4.37. The van der Waals surface area contributed by atoms with E-state index in [4.69, 9.17) is 16.3 Å². The van der Waals surface area contributed by atoms with Gasteiger partial charge in [0.2, 0.25) is 0 Å². The summed E-state index contributed by atoms with van der Waals surface area (Å²) in [5.74, 6) is -2.82. The summed E-state index contributed by atoms with van der Waals surface area (Å²) in [4.78, 5) is 12.7. The third-order valence-electron chi connectivity index (χ3n) is 4.56. The van der Waals surface area contributed by atoms with Crippen molar-refractivity contribution >= 4 is 23.3 Å². The van der Waals surface area contributed by atoms with Crippen LogP contribution in [0.25, 0.3) is 0 Å². The van der Waals surface area contributed by atoms with Gasteiger partial charge in [0.15, 0.2) is 6.23 Å². The molecule has 2 saturated heterocycles. The highest BCUT2D eigenvalue weighted by Gasteiger charge is 2.57. The Morgan fingerprint density at radius 3 is 2.62 bits per heavy atom. The zero-order chi connectivity index (χ0) is 17.5. The number of esters is 1. The van der Waals surface area contributed by atoms with Crippen molar-refractivity contribution in [2.24, 2.45) is 5.41 Å². The van der Waals surface area contributed by atoms with Crippen LogP contribution >= 0.6 is 11.6 Å². The Morgan fingerprint density at radius 1 is 1.33 bits per heavy atom. The molecule has 2 fully saturated rings. The minimum atomic E-state index is -5.08. The van der Waals surface area contributed by atoms with E-state index in [1.54, 1.807) is 0 Å². The number of benzene rings is 1. The monoisotopic (exact) mass is 366 g/mol. The van der Waals surface area contributed by atoms with Crippen LogP contribution in [0.2, 0.25) is 5.02 Å². The smallest absolute Gasteiger partial charge is 0.434 e. The first-order valence-electron chi connectivity index (χ1n) is 7.43. The molecular formula is C15H15ClF4N2O2. The number of anilines is 1. The van der Waals surface area contributed by atoms with Crippen molar-refractivity contribution in [1.82, 2.24) is 5.32 Å². The maximum atomic E-state index is 13.5. The number of nitrogens with zero attached hydrogens (tertiary/aromatic N) is 1. The molecule has 1 atom stereocenters. The van der Waals surface area contributed by atoms with Crippen LogP contribution in [0, 0.1) is 11.2 Å². The molecule has 1 spiro atoms. The maximum Gasteiger partial charge on any atom is 0.491 e. The largest absolute Gasteiger partial charge is 0.491 e. The van der Waals surface area contributed by atoms with E-state index < -0.39 is 29.6 Å². The third kappa shape index (κ3) is 3.04. The second-order valence-electron chi connectivity index (χ2n) is 6.09. The van der Waals surface area contributed by atoms with Gasteiger partial charge < -0.3 is 15.0 Å². The highest BCUT2D eigenvalue weighted by atomic mass is 35.5. The lowest BCUT2D eigenvalue weighted by Gasteiger charge is -2.58. The average molecular weight is 367 g/mol. The number of carbonyl (C=O) groups is 1. The average Bonchev–Trinajstić information content (AvgIpc) is 2.53. The van der Waals surface area contributed by atoms with Crippen molar-refractivity contribution in [1.29, 1.82) is 0 Å². The summed E-state index contributed by atoms with van der Waals surface area (Å²) >= 11 is 6.04. The molecule has 2 aliphatic heterocycles. The van der Waals surface area contributed by atoms with Crippen molar-refractivity contribution in [3.05, 3.63) is 29.0 Å². The molecule has 0 aromatic heterocycles. The van der Waals surface area contributed by atoms with Crippen molar-refractivity contribution in [2.45, 2.75) is 25.2 Å². The maximum absolute atomic E-state index is 13.5. The molecule has 0 amide bonds. The summed E-state index contributed by atoms with van der Waals surface area (Å²) in [7, 11) is 0. The first-order chi connectivity index (χ1) is 11.2.